The van der Waals surface area contributed by atoms with E-state index in [-0.39, 0.29) is 5.78 Å². The van der Waals surface area contributed by atoms with Crippen molar-refractivity contribution in [1.82, 2.24) is 0 Å². The lowest BCUT2D eigenvalue weighted by Gasteiger charge is -2.12. The zero-order chi connectivity index (χ0) is 14.3. The van der Waals surface area contributed by atoms with E-state index in [9.17, 15) is 4.79 Å². The number of aliphatic imine (C=N–C) groups is 1. The Morgan fingerprint density at radius 3 is 2.89 bits per heavy atom. The van der Waals surface area contributed by atoms with Gasteiger partial charge in [-0.25, -0.2) is 0 Å². The third-order valence-electron chi connectivity index (χ3n) is 3.12. The van der Waals surface area contributed by atoms with E-state index in [1.165, 1.54) is 0 Å². The minimum Gasteiger partial charge on any atom is -0.294 e. The third kappa shape index (κ3) is 5.27. The molecule has 0 bridgehead atoms. The number of ketones is 1. The predicted octanol–water partition coefficient (Wildman–Crippen LogP) is 4.97. The second-order valence-corrected chi connectivity index (χ2v) is 5.78. The highest BCUT2D eigenvalue weighted by Gasteiger charge is 2.13. The lowest BCUT2D eigenvalue weighted by Crippen LogP contribution is -2.03. The maximum absolute atomic E-state index is 11.7. The van der Waals surface area contributed by atoms with Crippen molar-refractivity contribution >= 4 is 27.9 Å². The fraction of sp³-hybridized carbons (Fsp3) is 0.500. The molecule has 0 aromatic rings. The number of halogens is 1. The standard InChI is InChI=1S/C16H22BrNO/c1-4-5-6-11-18-16-10-9-15(17)12(2)7-8-14(16)13(3)19/h8-12H,4-7H2,1-3H3/b14-8+,15-9+,16-10+,18-11?. The van der Waals surface area contributed by atoms with Gasteiger partial charge in [0.05, 0.1) is 5.70 Å². The highest BCUT2D eigenvalue weighted by molar-refractivity contribution is 9.11. The predicted molar refractivity (Wildman–Crippen MR) is 85.7 cm³/mol. The highest BCUT2D eigenvalue weighted by Crippen LogP contribution is 2.27. The summed E-state index contributed by atoms with van der Waals surface area (Å²) in [7, 11) is 0. The van der Waals surface area contributed by atoms with Crippen LogP contribution in [0.1, 0.15) is 46.5 Å². The quantitative estimate of drug-likeness (QED) is 0.519. The van der Waals surface area contributed by atoms with E-state index < -0.39 is 0 Å². The van der Waals surface area contributed by atoms with Gasteiger partial charge in [-0.05, 0) is 48.7 Å². The number of hydrogen-bond donors (Lipinski definition) is 0. The molecule has 1 atom stereocenters. The Balaban J connectivity index is 2.98. The Morgan fingerprint density at radius 1 is 1.53 bits per heavy atom. The van der Waals surface area contributed by atoms with Crippen LogP contribution in [0.5, 0.6) is 0 Å². The van der Waals surface area contributed by atoms with Gasteiger partial charge in [0.15, 0.2) is 5.78 Å². The molecular weight excluding hydrogens is 302 g/mol. The largest absolute Gasteiger partial charge is 0.294 e. The first-order valence-electron chi connectivity index (χ1n) is 6.87. The van der Waals surface area contributed by atoms with Gasteiger partial charge in [-0.2, -0.15) is 0 Å². The molecule has 1 aliphatic rings. The maximum Gasteiger partial charge on any atom is 0.161 e. The second-order valence-electron chi connectivity index (χ2n) is 4.87. The number of unbranched alkanes of at least 4 members (excludes halogenated alkanes) is 2. The first-order chi connectivity index (χ1) is 9.06. The van der Waals surface area contributed by atoms with Crippen molar-refractivity contribution in [2.45, 2.75) is 46.5 Å². The first-order valence-corrected chi connectivity index (χ1v) is 7.67. The molecular formula is C16H22BrNO. The summed E-state index contributed by atoms with van der Waals surface area (Å²) in [4.78, 5) is 16.2. The molecule has 0 fully saturated rings. The molecule has 0 heterocycles. The summed E-state index contributed by atoms with van der Waals surface area (Å²) in [5, 5.41) is 0. The van der Waals surface area contributed by atoms with E-state index in [0.717, 1.165) is 41.4 Å². The lowest BCUT2D eigenvalue weighted by atomic mass is 9.98. The van der Waals surface area contributed by atoms with Crippen LogP contribution >= 0.6 is 15.9 Å². The minimum atomic E-state index is 0.0810. The molecule has 0 aromatic heterocycles. The van der Waals surface area contributed by atoms with Crippen molar-refractivity contribution in [3.63, 3.8) is 0 Å². The molecule has 104 valence electrons. The molecule has 3 heteroatoms. The number of Topliss-reactive ketones (excluding diaryl/α,β-unsaturated/α-hetero) is 1. The monoisotopic (exact) mass is 323 g/mol. The molecule has 1 unspecified atom stereocenters. The van der Waals surface area contributed by atoms with Gasteiger partial charge in [-0.3, -0.25) is 9.79 Å². The molecule has 0 N–H and O–H groups in total. The van der Waals surface area contributed by atoms with Crippen LogP contribution in [0.3, 0.4) is 0 Å². The van der Waals surface area contributed by atoms with Crippen LogP contribution in [0.15, 0.2) is 39.0 Å². The molecule has 0 amide bonds. The molecule has 0 radical (unpaired) electrons. The van der Waals surface area contributed by atoms with E-state index >= 15 is 0 Å². The number of nitrogens with zero attached hydrogens (tertiary/aromatic N) is 1. The van der Waals surface area contributed by atoms with Crippen LogP contribution in [0.25, 0.3) is 0 Å². The van der Waals surface area contributed by atoms with E-state index in [4.69, 9.17) is 0 Å². The summed E-state index contributed by atoms with van der Waals surface area (Å²) >= 11 is 3.57. The summed E-state index contributed by atoms with van der Waals surface area (Å²) in [6.07, 6.45) is 12.0. The molecule has 2 nitrogen and oxygen atoms in total. The molecule has 0 aromatic carbocycles. The maximum atomic E-state index is 11.7. The molecule has 1 aliphatic carbocycles. The zero-order valence-corrected chi connectivity index (χ0v) is 13.5. The van der Waals surface area contributed by atoms with Gasteiger partial charge < -0.3 is 0 Å². The fourth-order valence-electron chi connectivity index (χ4n) is 1.82. The second kappa shape index (κ2) is 8.26. The van der Waals surface area contributed by atoms with Crippen molar-refractivity contribution in [3.8, 4) is 0 Å². The van der Waals surface area contributed by atoms with Crippen LogP contribution in [0.4, 0.5) is 0 Å². The van der Waals surface area contributed by atoms with Crippen LogP contribution < -0.4 is 0 Å². The van der Waals surface area contributed by atoms with Crippen molar-refractivity contribution < 1.29 is 4.79 Å². The highest BCUT2D eigenvalue weighted by atomic mass is 79.9. The van der Waals surface area contributed by atoms with E-state index in [0.29, 0.717) is 5.92 Å². The van der Waals surface area contributed by atoms with Gasteiger partial charge in [0.25, 0.3) is 0 Å². The molecule has 0 saturated heterocycles. The van der Waals surface area contributed by atoms with Crippen molar-refractivity contribution in [3.05, 3.63) is 34.0 Å². The molecule has 0 saturated carbocycles. The number of carbonyl (C=O) groups is 1. The normalized spacial score (nSPS) is 28.6. The lowest BCUT2D eigenvalue weighted by molar-refractivity contribution is -0.113. The number of hydrogen-bond acceptors (Lipinski definition) is 2. The fourth-order valence-corrected chi connectivity index (χ4v) is 2.14. The minimum absolute atomic E-state index is 0.0810. The Labute approximate surface area is 124 Å². The smallest absolute Gasteiger partial charge is 0.161 e. The van der Waals surface area contributed by atoms with Crippen LogP contribution in [0.2, 0.25) is 0 Å². The summed E-state index contributed by atoms with van der Waals surface area (Å²) < 4.78 is 1.15. The van der Waals surface area contributed by atoms with Crippen LogP contribution in [-0.2, 0) is 4.79 Å². The average molecular weight is 324 g/mol. The average Bonchev–Trinajstić information content (AvgIpc) is 2.37. The van der Waals surface area contributed by atoms with Gasteiger partial charge >= 0.3 is 0 Å². The van der Waals surface area contributed by atoms with Crippen LogP contribution in [-0.4, -0.2) is 12.0 Å². The van der Waals surface area contributed by atoms with Gasteiger partial charge in [-0.15, -0.1) is 0 Å². The van der Waals surface area contributed by atoms with Crippen LogP contribution in [0, 0.1) is 5.92 Å². The molecule has 1 rings (SSSR count). The Hall–Kier alpha value is -0.960. The SMILES string of the molecule is CCCCC=NC1=C/C=C(/Br)C(C)C\C=C\1C(C)=O. The van der Waals surface area contributed by atoms with Gasteiger partial charge in [0.2, 0.25) is 0 Å². The van der Waals surface area contributed by atoms with E-state index in [1.54, 1.807) is 6.92 Å². The molecule has 0 aliphatic heterocycles. The zero-order valence-electron chi connectivity index (χ0n) is 11.9. The Kier molecular flexibility index (Phi) is 7.00. The van der Waals surface area contributed by atoms with Gasteiger partial charge in [0.1, 0.15) is 0 Å². The van der Waals surface area contributed by atoms with E-state index in [1.807, 2.05) is 24.4 Å². The summed E-state index contributed by atoms with van der Waals surface area (Å²) in [5.41, 5.74) is 1.50. The number of rotatable bonds is 5. The number of carbonyl (C=O) groups excluding carboxylic acids is 1. The topological polar surface area (TPSA) is 29.4 Å². The van der Waals surface area contributed by atoms with Crippen molar-refractivity contribution in [1.29, 1.82) is 0 Å². The molecule has 0 spiro atoms. The first kappa shape index (κ1) is 16.1. The van der Waals surface area contributed by atoms with Crippen molar-refractivity contribution in [2.75, 3.05) is 0 Å². The third-order valence-corrected chi connectivity index (χ3v) is 4.17. The molecule has 19 heavy (non-hydrogen) atoms. The Bertz CT molecular complexity index is 444. The number of allylic oxidation sites excluding steroid dienone is 5. The van der Waals surface area contributed by atoms with Gasteiger partial charge in [0, 0.05) is 11.8 Å². The van der Waals surface area contributed by atoms with Gasteiger partial charge in [-0.1, -0.05) is 42.3 Å². The summed E-state index contributed by atoms with van der Waals surface area (Å²) in [6.45, 7) is 5.90. The van der Waals surface area contributed by atoms with E-state index in [2.05, 4.69) is 34.8 Å². The summed E-state index contributed by atoms with van der Waals surface area (Å²) in [5.74, 6) is 0.480. The Morgan fingerprint density at radius 2 is 2.26 bits per heavy atom. The summed E-state index contributed by atoms with van der Waals surface area (Å²) in [6, 6.07) is 0. The van der Waals surface area contributed by atoms with Crippen molar-refractivity contribution in [2.24, 2.45) is 10.9 Å².